The Labute approximate surface area is 55.0 Å². The summed E-state index contributed by atoms with van der Waals surface area (Å²) >= 11 is 0. The Kier molecular flexibility index (Phi) is 1.63. The molecule has 4 heteroatoms. The lowest BCUT2D eigenvalue weighted by molar-refractivity contribution is -0.129. The molecule has 1 aliphatic heterocycles. The molecule has 0 N–H and O–H groups in total. The Morgan fingerprint density at radius 2 is 2.44 bits per heavy atom. The highest BCUT2D eigenvalue weighted by Crippen LogP contribution is 2.12. The molecule has 9 heavy (non-hydrogen) atoms. The standard InChI is InChI=1S/C5H6NO2P/c1-2-3-4(7)8-5(9)6-3/h2H,9H2,1H3. The van der Waals surface area contributed by atoms with Crippen molar-refractivity contribution in [2.45, 2.75) is 6.92 Å². The zero-order chi connectivity index (χ0) is 6.85. The first kappa shape index (κ1) is 6.43. The number of cyclic esters (lactones) is 1. The number of carbonyl (C=O) groups excluding carboxylic acids is 1. The van der Waals surface area contributed by atoms with E-state index in [4.69, 9.17) is 0 Å². The van der Waals surface area contributed by atoms with E-state index >= 15 is 0 Å². The van der Waals surface area contributed by atoms with Crippen molar-refractivity contribution in [3.63, 3.8) is 0 Å². The lowest BCUT2D eigenvalue weighted by Crippen LogP contribution is -1.97. The molecule has 1 heterocycles. The van der Waals surface area contributed by atoms with Crippen LogP contribution >= 0.6 is 9.24 Å². The molecule has 0 aliphatic carbocycles. The fourth-order valence-electron chi connectivity index (χ4n) is 0.517. The fraction of sp³-hybridized carbons (Fsp3) is 0.200. The van der Waals surface area contributed by atoms with Crippen molar-refractivity contribution in [2.24, 2.45) is 4.99 Å². The van der Waals surface area contributed by atoms with Crippen molar-refractivity contribution in [3.8, 4) is 0 Å². The maximum atomic E-state index is 10.6. The van der Waals surface area contributed by atoms with Crippen LogP contribution in [0.15, 0.2) is 16.8 Å². The van der Waals surface area contributed by atoms with Gasteiger partial charge in [0.05, 0.1) is 0 Å². The van der Waals surface area contributed by atoms with E-state index in [0.29, 0.717) is 11.3 Å². The normalized spacial score (nSPS) is 22.2. The first-order valence-electron chi connectivity index (χ1n) is 2.46. The van der Waals surface area contributed by atoms with Crippen molar-refractivity contribution in [1.29, 1.82) is 0 Å². The van der Waals surface area contributed by atoms with Gasteiger partial charge in [0.1, 0.15) is 5.70 Å². The molecule has 0 fully saturated rings. The van der Waals surface area contributed by atoms with Crippen molar-refractivity contribution < 1.29 is 9.53 Å². The molecule has 0 bridgehead atoms. The van der Waals surface area contributed by atoms with Crippen LogP contribution in [0.1, 0.15) is 6.92 Å². The first-order valence-corrected chi connectivity index (χ1v) is 3.04. The Morgan fingerprint density at radius 3 is 2.67 bits per heavy atom. The van der Waals surface area contributed by atoms with Crippen molar-refractivity contribution in [1.82, 2.24) is 0 Å². The molecule has 0 spiro atoms. The number of rotatable bonds is 0. The molecule has 0 saturated heterocycles. The second-order valence-electron chi connectivity index (χ2n) is 1.51. The third kappa shape index (κ3) is 1.16. The molecule has 48 valence electrons. The summed E-state index contributed by atoms with van der Waals surface area (Å²) in [6.45, 7) is 1.74. The monoisotopic (exact) mass is 143 g/mol. The highest BCUT2D eigenvalue weighted by molar-refractivity contribution is 7.40. The molecule has 3 nitrogen and oxygen atoms in total. The number of allylic oxidation sites excluding steroid dienone is 1. The smallest absolute Gasteiger partial charge is 0.363 e. The predicted octanol–water partition coefficient (Wildman–Crippen LogP) is 0.678. The molecule has 0 aromatic heterocycles. The third-order valence-corrected chi connectivity index (χ3v) is 1.16. The van der Waals surface area contributed by atoms with Gasteiger partial charge in [-0.05, 0) is 16.2 Å². The van der Waals surface area contributed by atoms with E-state index in [1.54, 1.807) is 13.0 Å². The lowest BCUT2D eigenvalue weighted by Gasteiger charge is -1.85. The number of hydrogen-bond acceptors (Lipinski definition) is 3. The van der Waals surface area contributed by atoms with Crippen LogP contribution in [0, 0.1) is 0 Å². The number of hydrogen-bond donors (Lipinski definition) is 0. The second-order valence-corrected chi connectivity index (χ2v) is 2.01. The highest BCUT2D eigenvalue weighted by atomic mass is 31.0. The van der Waals surface area contributed by atoms with Crippen LogP contribution in [0.25, 0.3) is 0 Å². The van der Waals surface area contributed by atoms with Crippen LogP contribution < -0.4 is 0 Å². The summed E-state index contributed by atoms with van der Waals surface area (Å²) in [6, 6.07) is 0. The number of aliphatic imine (C=N–C) groups is 1. The molecule has 1 rings (SSSR count). The second kappa shape index (κ2) is 2.28. The van der Waals surface area contributed by atoms with Gasteiger partial charge in [-0.2, -0.15) is 0 Å². The number of esters is 1. The van der Waals surface area contributed by atoms with Gasteiger partial charge in [-0.25, -0.2) is 9.79 Å². The summed E-state index contributed by atoms with van der Waals surface area (Å²) < 4.78 is 4.57. The molecule has 0 saturated carbocycles. The van der Waals surface area contributed by atoms with Crippen LogP contribution in [-0.2, 0) is 9.53 Å². The van der Waals surface area contributed by atoms with Gasteiger partial charge in [0.2, 0.25) is 5.64 Å². The Morgan fingerprint density at radius 1 is 1.78 bits per heavy atom. The SMILES string of the molecule is CC=C1N=C(P)OC1=O. The summed E-state index contributed by atoms with van der Waals surface area (Å²) in [7, 11) is 2.22. The van der Waals surface area contributed by atoms with Crippen LogP contribution in [0.2, 0.25) is 0 Å². The van der Waals surface area contributed by atoms with Gasteiger partial charge in [0.25, 0.3) is 0 Å². The Hall–Kier alpha value is -0.690. The maximum Gasteiger partial charge on any atom is 0.363 e. The van der Waals surface area contributed by atoms with Gasteiger partial charge in [-0.15, -0.1) is 0 Å². The van der Waals surface area contributed by atoms with E-state index in [1.165, 1.54) is 0 Å². The molecular weight excluding hydrogens is 137 g/mol. The van der Waals surface area contributed by atoms with Gasteiger partial charge in [0.15, 0.2) is 0 Å². The zero-order valence-corrected chi connectivity index (χ0v) is 6.07. The molecule has 1 atom stereocenters. The molecule has 1 unspecified atom stereocenters. The van der Waals surface area contributed by atoms with Crippen molar-refractivity contribution in [2.75, 3.05) is 0 Å². The quantitative estimate of drug-likeness (QED) is 0.284. The molecule has 1 aliphatic rings. The van der Waals surface area contributed by atoms with Gasteiger partial charge >= 0.3 is 5.97 Å². The van der Waals surface area contributed by atoms with E-state index in [0.717, 1.165) is 0 Å². The topological polar surface area (TPSA) is 38.7 Å². The fourth-order valence-corrected chi connectivity index (χ4v) is 0.763. The summed E-state index contributed by atoms with van der Waals surface area (Å²) in [6.07, 6.45) is 1.61. The minimum Gasteiger partial charge on any atom is -0.403 e. The van der Waals surface area contributed by atoms with E-state index < -0.39 is 0 Å². The molecule has 0 aromatic rings. The van der Waals surface area contributed by atoms with E-state index in [9.17, 15) is 4.79 Å². The molecule has 0 amide bonds. The summed E-state index contributed by atoms with van der Waals surface area (Å²) in [5.41, 5.74) is 0.716. The van der Waals surface area contributed by atoms with Crippen LogP contribution in [0.5, 0.6) is 0 Å². The van der Waals surface area contributed by atoms with Crippen molar-refractivity contribution >= 4 is 20.8 Å². The number of nitrogens with zero attached hydrogens (tertiary/aromatic N) is 1. The van der Waals surface area contributed by atoms with Crippen LogP contribution in [0.3, 0.4) is 0 Å². The van der Waals surface area contributed by atoms with Crippen molar-refractivity contribution in [3.05, 3.63) is 11.8 Å². The third-order valence-electron chi connectivity index (χ3n) is 0.910. The largest absolute Gasteiger partial charge is 0.403 e. The predicted molar refractivity (Wildman–Crippen MR) is 37.0 cm³/mol. The summed E-state index contributed by atoms with van der Waals surface area (Å²) in [5.74, 6) is -0.373. The summed E-state index contributed by atoms with van der Waals surface area (Å²) in [5, 5.41) is 0. The zero-order valence-electron chi connectivity index (χ0n) is 4.92. The Bertz CT molecular complexity index is 207. The average Bonchev–Trinajstić information content (AvgIpc) is 2.10. The van der Waals surface area contributed by atoms with Crippen LogP contribution in [0.4, 0.5) is 0 Å². The highest BCUT2D eigenvalue weighted by Gasteiger charge is 2.17. The Balaban J connectivity index is 2.89. The minimum absolute atomic E-state index is 0.341. The van der Waals surface area contributed by atoms with E-state index in [1.807, 2.05) is 0 Å². The molecule has 0 radical (unpaired) electrons. The summed E-state index contributed by atoms with van der Waals surface area (Å²) in [4.78, 5) is 14.4. The van der Waals surface area contributed by atoms with Gasteiger partial charge in [0, 0.05) is 0 Å². The lowest BCUT2D eigenvalue weighted by atomic mass is 10.4. The minimum atomic E-state index is -0.373. The average molecular weight is 143 g/mol. The van der Waals surface area contributed by atoms with Gasteiger partial charge < -0.3 is 4.74 Å². The van der Waals surface area contributed by atoms with Gasteiger partial charge in [-0.1, -0.05) is 6.08 Å². The van der Waals surface area contributed by atoms with E-state index in [2.05, 4.69) is 19.0 Å². The first-order chi connectivity index (χ1) is 4.24. The van der Waals surface area contributed by atoms with Gasteiger partial charge in [-0.3, -0.25) is 0 Å². The number of carbonyl (C=O) groups is 1. The molecule has 0 aromatic carbocycles. The van der Waals surface area contributed by atoms with E-state index in [-0.39, 0.29) is 5.97 Å². The molecular formula is C5H6NO2P. The van der Waals surface area contributed by atoms with Crippen LogP contribution in [-0.4, -0.2) is 11.6 Å². The number of ether oxygens (including phenoxy) is 1. The maximum absolute atomic E-state index is 10.6.